The van der Waals surface area contributed by atoms with E-state index in [1.807, 2.05) is 11.8 Å². The fourth-order valence-corrected chi connectivity index (χ4v) is 2.70. The third kappa shape index (κ3) is 3.36. The van der Waals surface area contributed by atoms with Crippen molar-refractivity contribution < 1.29 is 4.79 Å². The molecule has 18 heavy (non-hydrogen) atoms. The maximum atomic E-state index is 11.0. The lowest BCUT2D eigenvalue weighted by Crippen LogP contribution is -2.32. The van der Waals surface area contributed by atoms with Gasteiger partial charge in [-0.3, -0.25) is 4.79 Å². The zero-order valence-corrected chi connectivity index (χ0v) is 12.4. The number of hydrogen-bond acceptors (Lipinski definition) is 5. The highest BCUT2D eigenvalue weighted by Crippen LogP contribution is 2.31. The van der Waals surface area contributed by atoms with Crippen LogP contribution < -0.4 is 5.32 Å². The van der Waals surface area contributed by atoms with E-state index in [1.165, 1.54) is 6.33 Å². The van der Waals surface area contributed by atoms with Gasteiger partial charge < -0.3 is 5.32 Å². The van der Waals surface area contributed by atoms with Gasteiger partial charge in [0.25, 0.3) is 0 Å². The summed E-state index contributed by atoms with van der Waals surface area (Å²) in [5, 5.41) is 3.40. The summed E-state index contributed by atoms with van der Waals surface area (Å²) in [6.45, 7) is 5.07. The van der Waals surface area contributed by atoms with E-state index in [9.17, 15) is 4.79 Å². The molecule has 0 aliphatic carbocycles. The second-order valence-electron chi connectivity index (χ2n) is 3.99. The molecule has 4 nitrogen and oxygen atoms in total. The number of halogens is 1. The minimum Gasteiger partial charge on any atom is -0.368 e. The molecular weight excluding hydrogens is 270 g/mol. The van der Waals surface area contributed by atoms with E-state index in [4.69, 9.17) is 11.6 Å². The van der Waals surface area contributed by atoms with Crippen LogP contribution >= 0.6 is 23.4 Å². The van der Waals surface area contributed by atoms with Gasteiger partial charge >= 0.3 is 0 Å². The quantitative estimate of drug-likeness (QED) is 0.616. The average molecular weight is 288 g/mol. The van der Waals surface area contributed by atoms with Gasteiger partial charge in [0.05, 0.1) is 5.56 Å². The Morgan fingerprint density at radius 1 is 1.44 bits per heavy atom. The molecule has 1 aromatic rings. The standard InChI is InChI=1S/C12H18ClN3OS/c1-4-12(5-2,18-3)7-14-11-9(6-17)10(13)15-8-16-11/h6,8H,4-5,7H2,1-3H3,(H,14,15,16). The fourth-order valence-electron chi connectivity index (χ4n) is 1.73. The van der Waals surface area contributed by atoms with Crippen molar-refractivity contribution in [3.63, 3.8) is 0 Å². The van der Waals surface area contributed by atoms with Crippen molar-refractivity contribution >= 4 is 35.5 Å². The van der Waals surface area contributed by atoms with E-state index >= 15 is 0 Å². The number of nitrogens with zero attached hydrogens (tertiary/aromatic N) is 2. The lowest BCUT2D eigenvalue weighted by Gasteiger charge is -2.30. The van der Waals surface area contributed by atoms with Gasteiger partial charge in [-0.2, -0.15) is 11.8 Å². The molecular formula is C12H18ClN3OS. The first kappa shape index (κ1) is 15.2. The van der Waals surface area contributed by atoms with E-state index < -0.39 is 0 Å². The van der Waals surface area contributed by atoms with Gasteiger partial charge in [-0.25, -0.2) is 9.97 Å². The molecule has 0 saturated heterocycles. The van der Waals surface area contributed by atoms with Crippen molar-refractivity contribution in [2.24, 2.45) is 0 Å². The average Bonchev–Trinajstić information content (AvgIpc) is 2.41. The summed E-state index contributed by atoms with van der Waals surface area (Å²) in [6, 6.07) is 0. The summed E-state index contributed by atoms with van der Waals surface area (Å²) in [5.41, 5.74) is 0.321. The highest BCUT2D eigenvalue weighted by Gasteiger charge is 2.25. The zero-order valence-electron chi connectivity index (χ0n) is 10.9. The Balaban J connectivity index is 2.86. The van der Waals surface area contributed by atoms with E-state index in [0.717, 1.165) is 19.4 Å². The van der Waals surface area contributed by atoms with Crippen LogP contribution in [0.4, 0.5) is 5.82 Å². The number of rotatable bonds is 7. The topological polar surface area (TPSA) is 54.9 Å². The summed E-state index contributed by atoms with van der Waals surface area (Å²) in [5.74, 6) is 0.505. The molecule has 1 aromatic heterocycles. The number of hydrogen-bond donors (Lipinski definition) is 1. The molecule has 100 valence electrons. The van der Waals surface area contributed by atoms with Crippen LogP contribution in [0.3, 0.4) is 0 Å². The maximum Gasteiger partial charge on any atom is 0.156 e. The normalized spacial score (nSPS) is 11.3. The third-order valence-electron chi connectivity index (χ3n) is 3.25. The van der Waals surface area contributed by atoms with Crippen LogP contribution in [0.5, 0.6) is 0 Å². The summed E-state index contributed by atoms with van der Waals surface area (Å²) in [4.78, 5) is 18.8. The first-order chi connectivity index (χ1) is 8.62. The molecule has 0 aromatic carbocycles. The number of anilines is 1. The van der Waals surface area contributed by atoms with Crippen LogP contribution in [0.25, 0.3) is 0 Å². The SMILES string of the molecule is CCC(CC)(CNc1ncnc(Cl)c1C=O)SC. The maximum absolute atomic E-state index is 11.0. The smallest absolute Gasteiger partial charge is 0.156 e. The van der Waals surface area contributed by atoms with Crippen molar-refractivity contribution in [2.45, 2.75) is 31.4 Å². The van der Waals surface area contributed by atoms with Gasteiger partial charge in [-0.1, -0.05) is 25.4 Å². The summed E-state index contributed by atoms with van der Waals surface area (Å²) in [6.07, 6.45) is 6.24. The van der Waals surface area contributed by atoms with Crippen molar-refractivity contribution in [1.82, 2.24) is 9.97 Å². The largest absolute Gasteiger partial charge is 0.368 e. The number of thioether (sulfide) groups is 1. The van der Waals surface area contributed by atoms with E-state index in [2.05, 4.69) is 35.4 Å². The zero-order chi connectivity index (χ0) is 13.6. The minimum absolute atomic E-state index is 0.150. The van der Waals surface area contributed by atoms with Crippen molar-refractivity contribution in [3.05, 3.63) is 17.0 Å². The van der Waals surface area contributed by atoms with E-state index in [-0.39, 0.29) is 9.90 Å². The fraction of sp³-hybridized carbons (Fsp3) is 0.583. The molecule has 0 radical (unpaired) electrons. The number of carbonyl (C=O) groups excluding carboxylic acids is 1. The lowest BCUT2D eigenvalue weighted by molar-refractivity contribution is 0.112. The monoisotopic (exact) mass is 287 g/mol. The van der Waals surface area contributed by atoms with Crippen molar-refractivity contribution in [1.29, 1.82) is 0 Å². The van der Waals surface area contributed by atoms with Gasteiger partial charge in [-0.15, -0.1) is 0 Å². The molecule has 0 aliphatic rings. The molecule has 0 unspecified atom stereocenters. The van der Waals surface area contributed by atoms with Crippen LogP contribution in [0.15, 0.2) is 6.33 Å². The van der Waals surface area contributed by atoms with Crippen LogP contribution in [-0.4, -0.2) is 33.8 Å². The molecule has 0 aliphatic heterocycles. The van der Waals surface area contributed by atoms with Gasteiger partial charge in [0, 0.05) is 11.3 Å². The summed E-state index contributed by atoms with van der Waals surface area (Å²) < 4.78 is 0.150. The van der Waals surface area contributed by atoms with Crippen LogP contribution in [0.1, 0.15) is 37.0 Å². The number of aromatic nitrogens is 2. The summed E-state index contributed by atoms with van der Waals surface area (Å²) in [7, 11) is 0. The molecule has 0 spiro atoms. The third-order valence-corrected chi connectivity index (χ3v) is 5.14. The van der Waals surface area contributed by atoms with Crippen LogP contribution in [-0.2, 0) is 0 Å². The Morgan fingerprint density at radius 3 is 2.61 bits per heavy atom. The Hall–Kier alpha value is -0.810. The van der Waals surface area contributed by atoms with Crippen LogP contribution in [0, 0.1) is 0 Å². The Kier molecular flexibility index (Phi) is 5.88. The van der Waals surface area contributed by atoms with Crippen molar-refractivity contribution in [3.8, 4) is 0 Å². The molecule has 0 amide bonds. The minimum atomic E-state index is 0.150. The second kappa shape index (κ2) is 6.95. The Labute approximate surface area is 117 Å². The number of aldehydes is 1. The molecule has 0 bridgehead atoms. The molecule has 1 N–H and O–H groups in total. The Bertz CT molecular complexity index is 402. The molecule has 1 rings (SSSR count). The Morgan fingerprint density at radius 2 is 2.11 bits per heavy atom. The number of nitrogens with one attached hydrogen (secondary N) is 1. The second-order valence-corrected chi connectivity index (χ2v) is 5.62. The highest BCUT2D eigenvalue weighted by atomic mass is 35.5. The molecule has 1 heterocycles. The molecule has 6 heteroatoms. The molecule has 0 fully saturated rings. The summed E-state index contributed by atoms with van der Waals surface area (Å²) >= 11 is 7.68. The van der Waals surface area contributed by atoms with Gasteiger partial charge in [0.2, 0.25) is 0 Å². The predicted octanol–water partition coefficient (Wildman–Crippen LogP) is 3.28. The van der Waals surface area contributed by atoms with E-state index in [0.29, 0.717) is 17.7 Å². The van der Waals surface area contributed by atoms with Crippen LogP contribution in [0.2, 0.25) is 5.15 Å². The molecule has 0 saturated carbocycles. The predicted molar refractivity (Wildman–Crippen MR) is 77.7 cm³/mol. The van der Waals surface area contributed by atoms with Gasteiger partial charge in [0.1, 0.15) is 17.3 Å². The molecule has 0 atom stereocenters. The van der Waals surface area contributed by atoms with Gasteiger partial charge in [0.15, 0.2) is 6.29 Å². The number of carbonyl (C=O) groups is 1. The lowest BCUT2D eigenvalue weighted by atomic mass is 10.0. The van der Waals surface area contributed by atoms with Gasteiger partial charge in [-0.05, 0) is 19.1 Å². The van der Waals surface area contributed by atoms with Crippen molar-refractivity contribution in [2.75, 3.05) is 18.1 Å². The van der Waals surface area contributed by atoms with E-state index in [1.54, 1.807) is 0 Å². The first-order valence-electron chi connectivity index (χ1n) is 5.87. The first-order valence-corrected chi connectivity index (χ1v) is 7.47. The highest BCUT2D eigenvalue weighted by molar-refractivity contribution is 8.00.